The van der Waals surface area contributed by atoms with Gasteiger partial charge in [-0.2, -0.15) is 0 Å². The number of para-hydroxylation sites is 1. The maximum absolute atomic E-state index is 12.6. The monoisotopic (exact) mass is 408 g/mol. The Kier molecular flexibility index (Phi) is 5.94. The van der Waals surface area contributed by atoms with E-state index in [0.717, 1.165) is 22.7 Å². The molecule has 0 aromatic heterocycles. The van der Waals surface area contributed by atoms with E-state index in [9.17, 15) is 14.7 Å². The van der Waals surface area contributed by atoms with Gasteiger partial charge in [0.05, 0.1) is 25.4 Å². The minimum absolute atomic E-state index is 0.0511. The summed E-state index contributed by atoms with van der Waals surface area (Å²) in [5.74, 6) is 1.19. The Morgan fingerprint density at radius 2 is 2.00 bits per heavy atom. The van der Waals surface area contributed by atoms with Crippen LogP contribution in [0.25, 0.3) is 0 Å². The van der Waals surface area contributed by atoms with Crippen molar-refractivity contribution in [2.45, 2.75) is 19.4 Å². The second-order valence-electron chi connectivity index (χ2n) is 7.15. The first-order valence-corrected chi connectivity index (χ1v) is 10.00. The van der Waals surface area contributed by atoms with Crippen molar-refractivity contribution in [1.29, 1.82) is 0 Å². The number of hydrogen-bond acceptors (Lipinski definition) is 6. The molecular formula is C22H24N4O4. The second-order valence-corrected chi connectivity index (χ2v) is 7.15. The van der Waals surface area contributed by atoms with Crippen LogP contribution in [-0.2, 0) is 16.1 Å². The molecule has 0 aliphatic carbocycles. The Labute approximate surface area is 174 Å². The van der Waals surface area contributed by atoms with Crippen molar-refractivity contribution in [3.8, 4) is 5.75 Å². The van der Waals surface area contributed by atoms with Gasteiger partial charge < -0.3 is 19.6 Å². The zero-order valence-electron chi connectivity index (χ0n) is 16.6. The third-order valence-corrected chi connectivity index (χ3v) is 5.05. The van der Waals surface area contributed by atoms with E-state index in [1.54, 1.807) is 4.90 Å². The molecule has 4 rings (SSSR count). The van der Waals surface area contributed by atoms with Crippen molar-refractivity contribution in [1.82, 2.24) is 10.2 Å². The van der Waals surface area contributed by atoms with Gasteiger partial charge in [0.1, 0.15) is 12.3 Å². The molecule has 30 heavy (non-hydrogen) atoms. The van der Waals surface area contributed by atoms with E-state index >= 15 is 0 Å². The van der Waals surface area contributed by atoms with Crippen molar-refractivity contribution in [2.24, 2.45) is 4.99 Å². The maximum atomic E-state index is 12.6. The Morgan fingerprint density at radius 3 is 2.80 bits per heavy atom. The molecule has 2 heterocycles. The van der Waals surface area contributed by atoms with E-state index in [1.807, 2.05) is 53.4 Å². The number of nitrogens with zero attached hydrogens (tertiary/aromatic N) is 3. The lowest BCUT2D eigenvalue weighted by atomic mass is 10.1. The van der Waals surface area contributed by atoms with Gasteiger partial charge in [0, 0.05) is 24.2 Å². The van der Waals surface area contributed by atoms with Crippen molar-refractivity contribution in [2.75, 3.05) is 31.2 Å². The number of benzene rings is 2. The molecule has 8 heteroatoms. The Bertz CT molecular complexity index is 961. The van der Waals surface area contributed by atoms with Crippen molar-refractivity contribution in [3.63, 3.8) is 0 Å². The molecule has 0 saturated carbocycles. The predicted molar refractivity (Wildman–Crippen MR) is 113 cm³/mol. The van der Waals surface area contributed by atoms with Crippen LogP contribution in [0.2, 0.25) is 0 Å². The fraction of sp³-hybridized carbons (Fsp3) is 0.318. The lowest BCUT2D eigenvalue weighted by Gasteiger charge is -2.25. The largest absolute Gasteiger partial charge is 0.493 e. The van der Waals surface area contributed by atoms with E-state index in [2.05, 4.69) is 10.3 Å². The number of fused-ring (bicyclic) bond motifs is 2. The summed E-state index contributed by atoms with van der Waals surface area (Å²) in [6.07, 6.45) is 0.867. The number of aliphatic imine (C=N–C) groups is 1. The number of carbonyl (C=O) groups excluding carboxylic acids is 2. The third-order valence-electron chi connectivity index (χ3n) is 5.05. The van der Waals surface area contributed by atoms with E-state index in [-0.39, 0.29) is 25.0 Å². The van der Waals surface area contributed by atoms with Crippen molar-refractivity contribution < 1.29 is 19.4 Å². The highest BCUT2D eigenvalue weighted by Gasteiger charge is 2.30. The Morgan fingerprint density at radius 1 is 1.17 bits per heavy atom. The molecule has 2 aliphatic rings. The Hall–Kier alpha value is -3.39. The van der Waals surface area contributed by atoms with Gasteiger partial charge >= 0.3 is 0 Å². The molecule has 2 N–H and O–H groups in total. The van der Waals surface area contributed by atoms with Gasteiger partial charge in [-0.3, -0.25) is 14.9 Å². The van der Waals surface area contributed by atoms with Crippen molar-refractivity contribution in [3.05, 3.63) is 54.1 Å². The van der Waals surface area contributed by atoms with E-state index in [1.165, 1.54) is 0 Å². The SMILES string of the molecule is O=C1CN2Cc3c(cccc3OCCCC(=O)N(CCO)c3ccccc3)N=C2N1. The summed E-state index contributed by atoms with van der Waals surface area (Å²) in [6, 6.07) is 15.0. The number of nitrogens with one attached hydrogen (secondary N) is 1. The number of carbonyl (C=O) groups is 2. The highest BCUT2D eigenvalue weighted by atomic mass is 16.5. The molecule has 2 aliphatic heterocycles. The van der Waals surface area contributed by atoms with Crippen LogP contribution in [0.1, 0.15) is 18.4 Å². The van der Waals surface area contributed by atoms with Gasteiger partial charge in [0.25, 0.3) is 0 Å². The van der Waals surface area contributed by atoms with Gasteiger partial charge in [-0.15, -0.1) is 0 Å². The molecule has 156 valence electrons. The molecule has 0 spiro atoms. The smallest absolute Gasteiger partial charge is 0.246 e. The molecule has 0 unspecified atom stereocenters. The highest BCUT2D eigenvalue weighted by molar-refractivity contribution is 6.06. The molecule has 2 aromatic rings. The minimum atomic E-state index is -0.0936. The predicted octanol–water partition coefficient (Wildman–Crippen LogP) is 1.80. The first-order valence-electron chi connectivity index (χ1n) is 10.00. The standard InChI is InChI=1S/C22H24N4O4/c27-12-11-26(16-6-2-1-3-7-16)21(29)10-5-13-30-19-9-4-8-18-17(19)14-25-15-20(28)24-22(25)23-18/h1-4,6-9,27H,5,10-15H2,(H,23,24,28). The first kappa shape index (κ1) is 19.9. The molecule has 2 amide bonds. The number of rotatable bonds is 8. The number of guanidine groups is 1. The summed E-state index contributed by atoms with van der Waals surface area (Å²) in [6.45, 7) is 1.40. The fourth-order valence-electron chi connectivity index (χ4n) is 3.63. The summed E-state index contributed by atoms with van der Waals surface area (Å²) in [4.78, 5) is 32.2. The van der Waals surface area contributed by atoms with Crippen LogP contribution in [0.4, 0.5) is 11.4 Å². The average molecular weight is 408 g/mol. The maximum Gasteiger partial charge on any atom is 0.246 e. The highest BCUT2D eigenvalue weighted by Crippen LogP contribution is 2.34. The molecule has 0 atom stereocenters. The van der Waals surface area contributed by atoms with Crippen LogP contribution in [-0.4, -0.2) is 54.1 Å². The number of aliphatic hydroxyl groups excluding tert-OH is 1. The fourth-order valence-corrected chi connectivity index (χ4v) is 3.63. The molecule has 1 saturated heterocycles. The van der Waals surface area contributed by atoms with Crippen LogP contribution < -0.4 is 15.0 Å². The number of aliphatic hydroxyl groups is 1. The summed E-state index contributed by atoms with van der Waals surface area (Å²) >= 11 is 0. The van der Waals surface area contributed by atoms with Crippen LogP contribution in [0, 0.1) is 0 Å². The minimum Gasteiger partial charge on any atom is -0.493 e. The number of anilines is 1. The zero-order chi connectivity index (χ0) is 20.9. The van der Waals surface area contributed by atoms with Gasteiger partial charge in [0.2, 0.25) is 17.8 Å². The normalized spacial score (nSPS) is 14.5. The van der Waals surface area contributed by atoms with Crippen LogP contribution in [0.5, 0.6) is 5.75 Å². The second kappa shape index (κ2) is 8.96. The number of hydrogen-bond donors (Lipinski definition) is 2. The topological polar surface area (TPSA) is 94.5 Å². The number of amides is 2. The molecule has 8 nitrogen and oxygen atoms in total. The van der Waals surface area contributed by atoms with Crippen molar-refractivity contribution >= 4 is 29.1 Å². The van der Waals surface area contributed by atoms with Gasteiger partial charge in [-0.1, -0.05) is 24.3 Å². The van der Waals surface area contributed by atoms with E-state index in [0.29, 0.717) is 38.5 Å². The molecule has 2 aromatic carbocycles. The number of ether oxygens (including phenoxy) is 1. The summed E-state index contributed by atoms with van der Waals surface area (Å²) in [7, 11) is 0. The molecule has 1 fully saturated rings. The van der Waals surface area contributed by atoms with E-state index in [4.69, 9.17) is 4.74 Å². The molecular weight excluding hydrogens is 384 g/mol. The quantitative estimate of drug-likeness (QED) is 0.650. The van der Waals surface area contributed by atoms with Gasteiger partial charge in [-0.25, -0.2) is 4.99 Å². The lowest BCUT2D eigenvalue weighted by molar-refractivity contribution is -0.119. The summed E-state index contributed by atoms with van der Waals surface area (Å²) < 4.78 is 5.95. The van der Waals surface area contributed by atoms with Gasteiger partial charge in [-0.05, 0) is 30.7 Å². The zero-order valence-corrected chi connectivity index (χ0v) is 16.6. The summed E-state index contributed by atoms with van der Waals surface area (Å²) in [5.41, 5.74) is 2.50. The van der Waals surface area contributed by atoms with Crippen LogP contribution in [0.15, 0.2) is 53.5 Å². The third kappa shape index (κ3) is 4.28. The first-order chi connectivity index (χ1) is 14.7. The average Bonchev–Trinajstić information content (AvgIpc) is 3.12. The van der Waals surface area contributed by atoms with Gasteiger partial charge in [0.15, 0.2) is 0 Å². The van der Waals surface area contributed by atoms with Crippen LogP contribution in [0.3, 0.4) is 0 Å². The summed E-state index contributed by atoms with van der Waals surface area (Å²) in [5, 5.41) is 12.1. The van der Waals surface area contributed by atoms with E-state index < -0.39 is 0 Å². The lowest BCUT2D eigenvalue weighted by Crippen LogP contribution is -2.33. The molecule has 0 bridgehead atoms. The van der Waals surface area contributed by atoms with Crippen LogP contribution >= 0.6 is 0 Å². The molecule has 0 radical (unpaired) electrons. The Balaban J connectivity index is 1.34.